The van der Waals surface area contributed by atoms with Gasteiger partial charge >= 0.3 is 0 Å². The zero-order valence-electron chi connectivity index (χ0n) is 9.62. The van der Waals surface area contributed by atoms with E-state index in [0.29, 0.717) is 17.7 Å². The molecule has 0 bridgehead atoms. The Labute approximate surface area is 103 Å². The summed E-state index contributed by atoms with van der Waals surface area (Å²) in [6.07, 6.45) is -1.45. The quantitative estimate of drug-likeness (QED) is 0.867. The Kier molecular flexibility index (Phi) is 3.39. The van der Waals surface area contributed by atoms with E-state index in [9.17, 15) is 18.3 Å². The van der Waals surface area contributed by atoms with Gasteiger partial charge in [0.05, 0.1) is 5.56 Å². The Morgan fingerprint density at radius 3 is 1.94 bits per heavy atom. The highest BCUT2D eigenvalue weighted by atomic mass is 19.1. The fourth-order valence-electron chi connectivity index (χ4n) is 1.73. The van der Waals surface area contributed by atoms with E-state index in [-0.39, 0.29) is 0 Å². The van der Waals surface area contributed by atoms with Crippen LogP contribution in [-0.2, 0) is 0 Å². The Morgan fingerprint density at radius 2 is 1.44 bits per heavy atom. The molecule has 18 heavy (non-hydrogen) atoms. The van der Waals surface area contributed by atoms with Gasteiger partial charge in [-0.2, -0.15) is 0 Å². The summed E-state index contributed by atoms with van der Waals surface area (Å²) in [7, 11) is 0. The van der Waals surface area contributed by atoms with Crippen molar-refractivity contribution in [3.63, 3.8) is 0 Å². The Bertz CT molecular complexity index is 541. The number of halogens is 3. The third kappa shape index (κ3) is 2.38. The maximum atomic E-state index is 13.5. The normalized spacial score (nSPS) is 12.5. The third-order valence-electron chi connectivity index (χ3n) is 2.71. The summed E-state index contributed by atoms with van der Waals surface area (Å²) in [4.78, 5) is 0. The van der Waals surface area contributed by atoms with E-state index in [1.807, 2.05) is 6.92 Å². The van der Waals surface area contributed by atoms with Crippen LogP contribution in [-0.4, -0.2) is 5.11 Å². The topological polar surface area (TPSA) is 20.2 Å². The summed E-state index contributed by atoms with van der Waals surface area (Å²) >= 11 is 0. The predicted octanol–water partition coefficient (Wildman–Crippen LogP) is 3.49. The first-order valence-corrected chi connectivity index (χ1v) is 5.38. The molecule has 0 amide bonds. The van der Waals surface area contributed by atoms with Gasteiger partial charge in [-0.25, -0.2) is 13.2 Å². The van der Waals surface area contributed by atoms with Gasteiger partial charge < -0.3 is 5.11 Å². The minimum Gasteiger partial charge on any atom is -0.383 e. The van der Waals surface area contributed by atoms with Gasteiger partial charge in [0.25, 0.3) is 0 Å². The Morgan fingerprint density at radius 1 is 0.944 bits per heavy atom. The van der Waals surface area contributed by atoms with Gasteiger partial charge in [-0.3, -0.25) is 0 Å². The Balaban J connectivity index is 2.46. The number of hydrogen-bond acceptors (Lipinski definition) is 1. The van der Waals surface area contributed by atoms with Crippen molar-refractivity contribution in [3.8, 4) is 0 Å². The second-order valence-electron chi connectivity index (χ2n) is 4.10. The fraction of sp³-hybridized carbons (Fsp3) is 0.143. The van der Waals surface area contributed by atoms with Crippen LogP contribution in [0, 0.1) is 24.4 Å². The summed E-state index contributed by atoms with van der Waals surface area (Å²) in [5.41, 5.74) is 0.774. The highest BCUT2D eigenvalue weighted by molar-refractivity contribution is 5.33. The van der Waals surface area contributed by atoms with Crippen molar-refractivity contribution < 1.29 is 18.3 Å². The van der Waals surface area contributed by atoms with Crippen LogP contribution in [0.25, 0.3) is 0 Å². The van der Waals surface area contributed by atoms with Gasteiger partial charge in [0.1, 0.15) is 23.6 Å². The molecule has 0 aliphatic rings. The van der Waals surface area contributed by atoms with Crippen LogP contribution in [0.15, 0.2) is 36.4 Å². The standard InChI is InChI=1S/C14H11F3O/c1-8-2-4-9(5-3-8)14(18)13-11(16)6-10(15)7-12(13)17/h2-7,14,18H,1H3. The van der Waals surface area contributed by atoms with E-state index < -0.39 is 29.1 Å². The molecular formula is C14H11F3O. The third-order valence-corrected chi connectivity index (χ3v) is 2.71. The molecule has 0 radical (unpaired) electrons. The predicted molar refractivity (Wildman–Crippen MR) is 61.6 cm³/mol. The molecule has 94 valence electrons. The molecule has 0 spiro atoms. The lowest BCUT2D eigenvalue weighted by atomic mass is 9.99. The van der Waals surface area contributed by atoms with Crippen LogP contribution in [0.1, 0.15) is 22.8 Å². The molecule has 0 aliphatic heterocycles. The molecule has 2 rings (SSSR count). The van der Waals surface area contributed by atoms with E-state index in [0.717, 1.165) is 5.56 Å². The smallest absolute Gasteiger partial charge is 0.135 e. The van der Waals surface area contributed by atoms with Crippen LogP contribution in [0.5, 0.6) is 0 Å². The maximum Gasteiger partial charge on any atom is 0.135 e. The second kappa shape index (κ2) is 4.82. The molecule has 1 atom stereocenters. The lowest BCUT2D eigenvalue weighted by Gasteiger charge is -2.13. The first-order valence-electron chi connectivity index (χ1n) is 5.38. The molecule has 2 aromatic carbocycles. The van der Waals surface area contributed by atoms with Crippen molar-refractivity contribution in [1.82, 2.24) is 0 Å². The SMILES string of the molecule is Cc1ccc(C(O)c2c(F)cc(F)cc2F)cc1. The van der Waals surface area contributed by atoms with Gasteiger partial charge in [-0.1, -0.05) is 29.8 Å². The van der Waals surface area contributed by atoms with Crippen LogP contribution in [0.3, 0.4) is 0 Å². The number of aryl methyl sites for hydroxylation is 1. The van der Waals surface area contributed by atoms with Gasteiger partial charge in [-0.05, 0) is 12.5 Å². The van der Waals surface area contributed by atoms with E-state index in [1.165, 1.54) is 0 Å². The molecule has 2 aromatic rings. The van der Waals surface area contributed by atoms with Crippen LogP contribution >= 0.6 is 0 Å². The van der Waals surface area contributed by atoms with Crippen LogP contribution in [0.2, 0.25) is 0 Å². The van der Waals surface area contributed by atoms with Crippen molar-refractivity contribution >= 4 is 0 Å². The highest BCUT2D eigenvalue weighted by Crippen LogP contribution is 2.27. The minimum absolute atomic E-state index is 0.352. The van der Waals surface area contributed by atoms with Crippen molar-refractivity contribution in [1.29, 1.82) is 0 Å². The van der Waals surface area contributed by atoms with Crippen LogP contribution < -0.4 is 0 Å². The number of benzene rings is 2. The number of aliphatic hydroxyl groups is 1. The van der Waals surface area contributed by atoms with E-state index in [2.05, 4.69) is 0 Å². The van der Waals surface area contributed by atoms with Crippen molar-refractivity contribution in [2.24, 2.45) is 0 Å². The molecule has 0 fully saturated rings. The monoisotopic (exact) mass is 252 g/mol. The van der Waals surface area contributed by atoms with Gasteiger partial charge in [0.2, 0.25) is 0 Å². The molecule has 4 heteroatoms. The van der Waals surface area contributed by atoms with Gasteiger partial charge in [0.15, 0.2) is 0 Å². The molecule has 0 saturated heterocycles. The van der Waals surface area contributed by atoms with E-state index >= 15 is 0 Å². The van der Waals surface area contributed by atoms with E-state index in [1.54, 1.807) is 24.3 Å². The number of rotatable bonds is 2. The summed E-state index contributed by atoms with van der Waals surface area (Å²) in [6.45, 7) is 1.86. The average molecular weight is 252 g/mol. The first kappa shape index (κ1) is 12.6. The largest absolute Gasteiger partial charge is 0.383 e. The molecule has 1 N–H and O–H groups in total. The van der Waals surface area contributed by atoms with Crippen LogP contribution in [0.4, 0.5) is 13.2 Å². The molecular weight excluding hydrogens is 241 g/mol. The second-order valence-corrected chi connectivity index (χ2v) is 4.10. The van der Waals surface area contributed by atoms with Gasteiger partial charge in [-0.15, -0.1) is 0 Å². The first-order chi connectivity index (χ1) is 8.49. The lowest BCUT2D eigenvalue weighted by molar-refractivity contribution is 0.208. The summed E-state index contributed by atoms with van der Waals surface area (Å²) in [6, 6.07) is 7.69. The molecule has 0 aromatic heterocycles. The van der Waals surface area contributed by atoms with Gasteiger partial charge in [0, 0.05) is 12.1 Å². The molecule has 1 unspecified atom stereocenters. The molecule has 1 nitrogen and oxygen atoms in total. The summed E-state index contributed by atoms with van der Waals surface area (Å²) in [5, 5.41) is 9.93. The number of hydrogen-bond donors (Lipinski definition) is 1. The molecule has 0 saturated carbocycles. The Hall–Kier alpha value is -1.81. The average Bonchev–Trinajstić information content (AvgIpc) is 2.28. The van der Waals surface area contributed by atoms with Crippen molar-refractivity contribution in [3.05, 3.63) is 70.5 Å². The number of aliphatic hydroxyl groups excluding tert-OH is 1. The fourth-order valence-corrected chi connectivity index (χ4v) is 1.73. The highest BCUT2D eigenvalue weighted by Gasteiger charge is 2.20. The summed E-state index contributed by atoms with van der Waals surface area (Å²) < 4.78 is 39.7. The molecule has 0 aliphatic carbocycles. The molecule has 0 heterocycles. The zero-order chi connectivity index (χ0) is 13.3. The lowest BCUT2D eigenvalue weighted by Crippen LogP contribution is -2.06. The van der Waals surface area contributed by atoms with Crippen molar-refractivity contribution in [2.45, 2.75) is 13.0 Å². The minimum atomic E-state index is -1.45. The maximum absolute atomic E-state index is 13.5. The summed E-state index contributed by atoms with van der Waals surface area (Å²) in [5.74, 6) is -3.20. The van der Waals surface area contributed by atoms with E-state index in [4.69, 9.17) is 0 Å². The van der Waals surface area contributed by atoms with Crippen molar-refractivity contribution in [2.75, 3.05) is 0 Å². The zero-order valence-corrected chi connectivity index (χ0v) is 9.62.